The van der Waals surface area contributed by atoms with Crippen LogP contribution in [0.4, 0.5) is 5.69 Å². The van der Waals surface area contributed by atoms with Crippen LogP contribution in [0, 0.1) is 0 Å². The third kappa shape index (κ3) is 2.71. The second-order valence-electron chi connectivity index (χ2n) is 4.81. The molecule has 1 heterocycles. The van der Waals surface area contributed by atoms with E-state index in [1.807, 2.05) is 12.1 Å². The van der Waals surface area contributed by atoms with Gasteiger partial charge >= 0.3 is 0 Å². The minimum atomic E-state index is 0.117. The lowest BCUT2D eigenvalue weighted by molar-refractivity contribution is -0.116. The van der Waals surface area contributed by atoms with E-state index >= 15 is 0 Å². The van der Waals surface area contributed by atoms with E-state index in [4.69, 9.17) is 0 Å². The van der Waals surface area contributed by atoms with Gasteiger partial charge < -0.3 is 5.32 Å². The van der Waals surface area contributed by atoms with Gasteiger partial charge in [0.05, 0.1) is 0 Å². The summed E-state index contributed by atoms with van der Waals surface area (Å²) in [5, 5.41) is 2.91. The lowest BCUT2D eigenvalue weighted by Gasteiger charge is -2.17. The summed E-state index contributed by atoms with van der Waals surface area (Å²) in [7, 11) is 0. The molecule has 0 radical (unpaired) electrons. The van der Waals surface area contributed by atoms with Crippen LogP contribution in [0.3, 0.4) is 0 Å². The molecule has 3 rings (SSSR count). The molecule has 0 bridgehead atoms. The molecule has 2 aromatic carbocycles. The normalized spacial score (nSPS) is 13.8. The average Bonchev–Trinajstić information content (AvgIpc) is 2.41. The van der Waals surface area contributed by atoms with Crippen LogP contribution in [0.15, 0.2) is 46.9 Å². The fraction of sp³-hybridized carbons (Fsp3) is 0.188. The van der Waals surface area contributed by atoms with E-state index in [1.165, 1.54) is 16.7 Å². The molecular weight excluding hydrogens is 302 g/mol. The molecule has 1 amide bonds. The first kappa shape index (κ1) is 12.4. The van der Waals surface area contributed by atoms with Crippen LogP contribution >= 0.6 is 15.9 Å². The van der Waals surface area contributed by atoms with Crippen LogP contribution in [-0.4, -0.2) is 5.91 Å². The summed E-state index contributed by atoms with van der Waals surface area (Å²) in [6.45, 7) is 0. The molecule has 0 spiro atoms. The lowest BCUT2D eigenvalue weighted by atomic mass is 9.97. The summed E-state index contributed by atoms with van der Waals surface area (Å²) in [6, 6.07) is 14.6. The maximum absolute atomic E-state index is 11.3. The van der Waals surface area contributed by atoms with Crippen molar-refractivity contribution in [1.29, 1.82) is 0 Å². The maximum Gasteiger partial charge on any atom is 0.224 e. The smallest absolute Gasteiger partial charge is 0.224 e. The second-order valence-corrected chi connectivity index (χ2v) is 5.66. The number of hydrogen-bond acceptors (Lipinski definition) is 1. The third-order valence-electron chi connectivity index (χ3n) is 3.42. The molecule has 2 nitrogen and oxygen atoms in total. The number of benzene rings is 2. The molecule has 0 unspecified atom stereocenters. The summed E-state index contributed by atoms with van der Waals surface area (Å²) in [5.41, 5.74) is 4.76. The Morgan fingerprint density at radius 3 is 2.79 bits per heavy atom. The van der Waals surface area contributed by atoms with Crippen LogP contribution in [0.5, 0.6) is 0 Å². The molecular formula is C16H14BrNO. The highest BCUT2D eigenvalue weighted by Crippen LogP contribution is 2.26. The van der Waals surface area contributed by atoms with Crippen LogP contribution in [0.2, 0.25) is 0 Å². The summed E-state index contributed by atoms with van der Waals surface area (Å²) < 4.78 is 1.14. The van der Waals surface area contributed by atoms with Crippen molar-refractivity contribution in [3.8, 4) is 0 Å². The van der Waals surface area contributed by atoms with Gasteiger partial charge in [-0.15, -0.1) is 0 Å². The van der Waals surface area contributed by atoms with E-state index < -0.39 is 0 Å². The number of amides is 1. The van der Waals surface area contributed by atoms with Crippen molar-refractivity contribution >= 4 is 27.5 Å². The molecule has 0 atom stereocenters. The van der Waals surface area contributed by atoms with Crippen LogP contribution in [0.25, 0.3) is 0 Å². The lowest BCUT2D eigenvalue weighted by Crippen LogP contribution is -2.18. The van der Waals surface area contributed by atoms with Gasteiger partial charge in [0.2, 0.25) is 5.91 Å². The number of fused-ring (bicyclic) bond motifs is 1. The Bertz CT molecular complexity index is 636. The zero-order chi connectivity index (χ0) is 13.2. The van der Waals surface area contributed by atoms with E-state index in [0.717, 1.165) is 23.0 Å². The summed E-state index contributed by atoms with van der Waals surface area (Å²) in [4.78, 5) is 11.3. The Balaban J connectivity index is 1.87. The van der Waals surface area contributed by atoms with Crippen molar-refractivity contribution in [2.45, 2.75) is 19.3 Å². The number of carbonyl (C=O) groups is 1. The van der Waals surface area contributed by atoms with Crippen molar-refractivity contribution in [2.75, 3.05) is 5.32 Å². The Hall–Kier alpha value is -1.61. The topological polar surface area (TPSA) is 29.1 Å². The molecule has 1 N–H and O–H groups in total. The van der Waals surface area contributed by atoms with Crippen LogP contribution < -0.4 is 5.32 Å². The van der Waals surface area contributed by atoms with Crippen molar-refractivity contribution in [2.24, 2.45) is 0 Å². The van der Waals surface area contributed by atoms with Gasteiger partial charge in [-0.2, -0.15) is 0 Å². The van der Waals surface area contributed by atoms with Gasteiger partial charge in [-0.1, -0.05) is 46.3 Å². The van der Waals surface area contributed by atoms with E-state index in [9.17, 15) is 4.79 Å². The van der Waals surface area contributed by atoms with Crippen LogP contribution in [0.1, 0.15) is 23.1 Å². The van der Waals surface area contributed by atoms with Gasteiger partial charge in [-0.25, -0.2) is 0 Å². The Labute approximate surface area is 121 Å². The zero-order valence-corrected chi connectivity index (χ0v) is 12.0. The van der Waals surface area contributed by atoms with E-state index in [0.29, 0.717) is 6.42 Å². The molecule has 0 aliphatic carbocycles. The summed E-state index contributed by atoms with van der Waals surface area (Å²) in [6.07, 6.45) is 2.33. The molecule has 0 fully saturated rings. The SMILES string of the molecule is O=C1CCc2cc(Cc3ccccc3Br)ccc2N1. The van der Waals surface area contributed by atoms with Crippen LogP contribution in [-0.2, 0) is 17.6 Å². The van der Waals surface area contributed by atoms with Crippen molar-refractivity contribution < 1.29 is 4.79 Å². The fourth-order valence-electron chi connectivity index (χ4n) is 2.41. The molecule has 3 heteroatoms. The quantitative estimate of drug-likeness (QED) is 0.894. The first-order valence-electron chi connectivity index (χ1n) is 6.37. The molecule has 1 aliphatic rings. The van der Waals surface area contributed by atoms with Gasteiger partial charge in [0, 0.05) is 16.6 Å². The van der Waals surface area contributed by atoms with Gasteiger partial charge in [0.25, 0.3) is 0 Å². The maximum atomic E-state index is 11.3. The molecule has 0 saturated carbocycles. The highest BCUT2D eigenvalue weighted by Gasteiger charge is 2.14. The number of halogens is 1. The third-order valence-corrected chi connectivity index (χ3v) is 4.19. The van der Waals surface area contributed by atoms with E-state index in [2.05, 4.69) is 51.6 Å². The Morgan fingerprint density at radius 2 is 1.95 bits per heavy atom. The molecule has 2 aromatic rings. The Kier molecular flexibility index (Phi) is 3.38. The molecule has 0 aromatic heterocycles. The number of hydrogen-bond donors (Lipinski definition) is 1. The largest absolute Gasteiger partial charge is 0.326 e. The average molecular weight is 316 g/mol. The van der Waals surface area contributed by atoms with E-state index in [-0.39, 0.29) is 5.91 Å². The number of nitrogens with one attached hydrogen (secondary N) is 1. The first-order chi connectivity index (χ1) is 9.22. The van der Waals surface area contributed by atoms with Crippen molar-refractivity contribution in [3.63, 3.8) is 0 Å². The fourth-order valence-corrected chi connectivity index (χ4v) is 2.83. The summed E-state index contributed by atoms with van der Waals surface area (Å²) in [5.74, 6) is 0.117. The van der Waals surface area contributed by atoms with Gasteiger partial charge in [0.1, 0.15) is 0 Å². The molecule has 96 valence electrons. The van der Waals surface area contributed by atoms with Gasteiger partial charge in [0.15, 0.2) is 0 Å². The highest BCUT2D eigenvalue weighted by atomic mass is 79.9. The van der Waals surface area contributed by atoms with Crippen molar-refractivity contribution in [1.82, 2.24) is 0 Å². The monoisotopic (exact) mass is 315 g/mol. The zero-order valence-electron chi connectivity index (χ0n) is 10.4. The molecule has 19 heavy (non-hydrogen) atoms. The number of aryl methyl sites for hydroxylation is 1. The predicted molar refractivity (Wildman–Crippen MR) is 80.3 cm³/mol. The highest BCUT2D eigenvalue weighted by molar-refractivity contribution is 9.10. The second kappa shape index (κ2) is 5.17. The van der Waals surface area contributed by atoms with Crippen molar-refractivity contribution in [3.05, 3.63) is 63.6 Å². The minimum Gasteiger partial charge on any atom is -0.326 e. The number of rotatable bonds is 2. The predicted octanol–water partition coefficient (Wildman–Crippen LogP) is 3.92. The van der Waals surface area contributed by atoms with E-state index in [1.54, 1.807) is 0 Å². The molecule has 0 saturated heterocycles. The standard InChI is InChI=1S/C16H14BrNO/c17-14-4-2-1-3-12(14)9-11-5-7-15-13(10-11)6-8-16(19)18-15/h1-5,7,10H,6,8-9H2,(H,18,19). The number of carbonyl (C=O) groups excluding carboxylic acids is 1. The summed E-state index contributed by atoms with van der Waals surface area (Å²) >= 11 is 3.58. The minimum absolute atomic E-state index is 0.117. The first-order valence-corrected chi connectivity index (χ1v) is 7.17. The van der Waals surface area contributed by atoms with Gasteiger partial charge in [-0.3, -0.25) is 4.79 Å². The number of anilines is 1. The van der Waals surface area contributed by atoms with Gasteiger partial charge in [-0.05, 0) is 41.7 Å². The molecule has 1 aliphatic heterocycles. The Morgan fingerprint density at radius 1 is 1.11 bits per heavy atom.